The fourth-order valence-corrected chi connectivity index (χ4v) is 3.47. The van der Waals surface area contributed by atoms with Crippen LogP contribution in [0.3, 0.4) is 0 Å². The van der Waals surface area contributed by atoms with Crippen LogP contribution >= 0.6 is 0 Å². The molecule has 3 fully saturated rings. The molecule has 17 heavy (non-hydrogen) atoms. The Bertz CT molecular complexity index is 297. The summed E-state index contributed by atoms with van der Waals surface area (Å²) < 4.78 is 5.54. The molecule has 2 saturated heterocycles. The number of nitrogens with zero attached hydrogens (tertiary/aromatic N) is 1. The molecule has 4 nitrogen and oxygen atoms in total. The molecule has 3 aliphatic rings. The van der Waals surface area contributed by atoms with Crippen LogP contribution in [0.2, 0.25) is 0 Å². The summed E-state index contributed by atoms with van der Waals surface area (Å²) in [5.41, 5.74) is -0.118. The van der Waals surface area contributed by atoms with Gasteiger partial charge in [-0.15, -0.1) is 0 Å². The highest BCUT2D eigenvalue weighted by Gasteiger charge is 2.43. The summed E-state index contributed by atoms with van der Waals surface area (Å²) in [7, 11) is 1.75. The summed E-state index contributed by atoms with van der Waals surface area (Å²) in [4.78, 5) is 14.3. The van der Waals surface area contributed by atoms with E-state index < -0.39 is 0 Å². The van der Waals surface area contributed by atoms with Gasteiger partial charge in [-0.1, -0.05) is 0 Å². The number of amides is 1. The van der Waals surface area contributed by atoms with Crippen molar-refractivity contribution in [3.05, 3.63) is 0 Å². The van der Waals surface area contributed by atoms with Crippen LogP contribution in [0.5, 0.6) is 0 Å². The van der Waals surface area contributed by atoms with Crippen LogP contribution in [-0.4, -0.2) is 49.7 Å². The Hall–Kier alpha value is -0.610. The minimum absolute atomic E-state index is 0.118. The molecule has 1 saturated carbocycles. The summed E-state index contributed by atoms with van der Waals surface area (Å²) in [6.45, 7) is 4.08. The molecule has 96 valence electrons. The predicted octanol–water partition coefficient (Wildman–Crippen LogP) is 0.623. The van der Waals surface area contributed by atoms with E-state index in [4.69, 9.17) is 4.74 Å². The maximum absolute atomic E-state index is 12.3. The summed E-state index contributed by atoms with van der Waals surface area (Å²) >= 11 is 0. The van der Waals surface area contributed by atoms with Gasteiger partial charge in [-0.25, -0.2) is 0 Å². The lowest BCUT2D eigenvalue weighted by Crippen LogP contribution is -2.45. The molecule has 0 spiro atoms. The van der Waals surface area contributed by atoms with Gasteiger partial charge in [0.15, 0.2) is 0 Å². The second-order valence-electron chi connectivity index (χ2n) is 5.89. The third kappa shape index (κ3) is 1.97. The van der Waals surface area contributed by atoms with Crippen molar-refractivity contribution in [3.8, 4) is 0 Å². The second kappa shape index (κ2) is 4.25. The molecule has 1 aliphatic carbocycles. The van der Waals surface area contributed by atoms with E-state index in [1.54, 1.807) is 7.11 Å². The number of rotatable bonds is 3. The SMILES string of the molecule is COC1(CC(=O)N2CC3CNCC3C2)CCC1. The Morgan fingerprint density at radius 2 is 2.00 bits per heavy atom. The van der Waals surface area contributed by atoms with E-state index in [0.29, 0.717) is 24.2 Å². The van der Waals surface area contributed by atoms with Crippen molar-refractivity contribution in [1.82, 2.24) is 10.2 Å². The second-order valence-corrected chi connectivity index (χ2v) is 5.89. The summed E-state index contributed by atoms with van der Waals surface area (Å²) in [5.74, 6) is 1.69. The minimum Gasteiger partial charge on any atom is -0.378 e. The number of hydrogen-bond acceptors (Lipinski definition) is 3. The van der Waals surface area contributed by atoms with Crippen LogP contribution in [-0.2, 0) is 9.53 Å². The Kier molecular flexibility index (Phi) is 2.87. The molecule has 0 radical (unpaired) electrons. The van der Waals surface area contributed by atoms with Crippen molar-refractivity contribution >= 4 is 5.91 Å². The maximum atomic E-state index is 12.3. The lowest BCUT2D eigenvalue weighted by Gasteiger charge is -2.40. The van der Waals surface area contributed by atoms with Crippen molar-refractivity contribution in [2.75, 3.05) is 33.3 Å². The van der Waals surface area contributed by atoms with E-state index in [9.17, 15) is 4.79 Å². The molecule has 1 amide bonds. The Balaban J connectivity index is 1.56. The molecule has 0 aromatic heterocycles. The van der Waals surface area contributed by atoms with Gasteiger partial charge in [-0.3, -0.25) is 4.79 Å². The highest BCUT2D eigenvalue weighted by atomic mass is 16.5. The first kappa shape index (κ1) is 11.5. The van der Waals surface area contributed by atoms with Gasteiger partial charge < -0.3 is 15.0 Å². The highest BCUT2D eigenvalue weighted by molar-refractivity contribution is 5.77. The maximum Gasteiger partial charge on any atom is 0.225 e. The number of carbonyl (C=O) groups is 1. The molecule has 2 unspecified atom stereocenters. The molecule has 0 aromatic carbocycles. The van der Waals surface area contributed by atoms with E-state index in [2.05, 4.69) is 10.2 Å². The number of likely N-dealkylation sites (tertiary alicyclic amines) is 1. The zero-order valence-corrected chi connectivity index (χ0v) is 10.6. The van der Waals surface area contributed by atoms with Crippen molar-refractivity contribution in [3.63, 3.8) is 0 Å². The van der Waals surface area contributed by atoms with E-state index in [0.717, 1.165) is 39.0 Å². The third-order valence-corrected chi connectivity index (χ3v) is 4.91. The largest absolute Gasteiger partial charge is 0.378 e. The van der Waals surface area contributed by atoms with Crippen molar-refractivity contribution in [1.29, 1.82) is 0 Å². The Morgan fingerprint density at radius 1 is 1.35 bits per heavy atom. The molecule has 0 aromatic rings. The first-order valence-electron chi connectivity index (χ1n) is 6.76. The van der Waals surface area contributed by atoms with Crippen molar-refractivity contribution in [2.45, 2.75) is 31.3 Å². The topological polar surface area (TPSA) is 41.6 Å². The van der Waals surface area contributed by atoms with Crippen LogP contribution in [0.1, 0.15) is 25.7 Å². The molecule has 1 N–H and O–H groups in total. The molecule has 2 atom stereocenters. The predicted molar refractivity (Wildman–Crippen MR) is 64.6 cm³/mol. The van der Waals surface area contributed by atoms with Crippen LogP contribution in [0.25, 0.3) is 0 Å². The molecular formula is C13H22N2O2. The van der Waals surface area contributed by atoms with Gasteiger partial charge in [0.1, 0.15) is 0 Å². The smallest absolute Gasteiger partial charge is 0.225 e. The van der Waals surface area contributed by atoms with E-state index in [1.165, 1.54) is 6.42 Å². The van der Waals surface area contributed by atoms with E-state index >= 15 is 0 Å². The first-order chi connectivity index (χ1) is 8.22. The lowest BCUT2D eigenvalue weighted by molar-refractivity contribution is -0.143. The molecule has 0 bridgehead atoms. The zero-order chi connectivity index (χ0) is 11.9. The number of methoxy groups -OCH3 is 1. The van der Waals surface area contributed by atoms with Crippen molar-refractivity contribution < 1.29 is 9.53 Å². The van der Waals surface area contributed by atoms with Crippen LogP contribution in [0.15, 0.2) is 0 Å². The Labute approximate surface area is 103 Å². The van der Waals surface area contributed by atoms with Gasteiger partial charge in [-0.2, -0.15) is 0 Å². The number of ether oxygens (including phenoxy) is 1. The van der Waals surface area contributed by atoms with Crippen molar-refractivity contribution in [2.24, 2.45) is 11.8 Å². The summed E-state index contributed by atoms with van der Waals surface area (Å²) in [6.07, 6.45) is 3.90. The fraction of sp³-hybridized carbons (Fsp3) is 0.923. The number of fused-ring (bicyclic) bond motifs is 1. The molecular weight excluding hydrogens is 216 g/mol. The number of carbonyl (C=O) groups excluding carboxylic acids is 1. The highest BCUT2D eigenvalue weighted by Crippen LogP contribution is 2.39. The normalized spacial score (nSPS) is 34.5. The van der Waals surface area contributed by atoms with Gasteiger partial charge in [0.25, 0.3) is 0 Å². The molecule has 2 heterocycles. The standard InChI is InChI=1S/C13H22N2O2/c1-17-13(3-2-4-13)5-12(16)15-8-10-6-14-7-11(10)9-15/h10-11,14H,2-9H2,1H3. The van der Waals surface area contributed by atoms with E-state index in [1.807, 2.05) is 0 Å². The van der Waals surface area contributed by atoms with Crippen LogP contribution < -0.4 is 5.32 Å². The van der Waals surface area contributed by atoms with Gasteiger partial charge in [0, 0.05) is 33.3 Å². The average molecular weight is 238 g/mol. The zero-order valence-electron chi connectivity index (χ0n) is 10.6. The quantitative estimate of drug-likeness (QED) is 0.784. The van der Waals surface area contributed by atoms with E-state index in [-0.39, 0.29) is 5.60 Å². The number of hydrogen-bond donors (Lipinski definition) is 1. The fourth-order valence-electron chi connectivity index (χ4n) is 3.47. The number of nitrogens with one attached hydrogen (secondary N) is 1. The average Bonchev–Trinajstić information content (AvgIpc) is 2.82. The molecule has 4 heteroatoms. The lowest BCUT2D eigenvalue weighted by atomic mass is 9.77. The van der Waals surface area contributed by atoms with Gasteiger partial charge >= 0.3 is 0 Å². The van der Waals surface area contributed by atoms with Crippen LogP contribution in [0.4, 0.5) is 0 Å². The van der Waals surface area contributed by atoms with Gasteiger partial charge in [0.2, 0.25) is 5.91 Å². The minimum atomic E-state index is -0.118. The third-order valence-electron chi connectivity index (χ3n) is 4.91. The molecule has 3 rings (SSSR count). The first-order valence-corrected chi connectivity index (χ1v) is 6.76. The summed E-state index contributed by atoms with van der Waals surface area (Å²) in [6, 6.07) is 0. The molecule has 2 aliphatic heterocycles. The Morgan fingerprint density at radius 3 is 2.47 bits per heavy atom. The van der Waals surface area contributed by atoms with Gasteiger partial charge in [-0.05, 0) is 31.1 Å². The van der Waals surface area contributed by atoms with Crippen LogP contribution in [0, 0.1) is 11.8 Å². The summed E-state index contributed by atoms with van der Waals surface area (Å²) in [5, 5.41) is 3.40. The monoisotopic (exact) mass is 238 g/mol. The van der Waals surface area contributed by atoms with Gasteiger partial charge in [0.05, 0.1) is 12.0 Å².